The van der Waals surface area contributed by atoms with Gasteiger partial charge in [-0.1, -0.05) is 13.3 Å². The number of aromatic nitrogens is 1. The lowest BCUT2D eigenvalue weighted by Crippen LogP contribution is -2.42. The molecule has 2 rings (SSSR count). The number of rotatable bonds is 5. The predicted octanol–water partition coefficient (Wildman–Crippen LogP) is 3.11. The molecule has 118 valence electrons. The number of hydrogen-bond donors (Lipinski definition) is 2. The van der Waals surface area contributed by atoms with Crippen molar-refractivity contribution in [1.29, 1.82) is 0 Å². The molecule has 6 heteroatoms. The quantitative estimate of drug-likeness (QED) is 0.878. The van der Waals surface area contributed by atoms with E-state index in [1.165, 1.54) is 4.88 Å². The van der Waals surface area contributed by atoms with Gasteiger partial charge in [0, 0.05) is 30.8 Å². The average Bonchev–Trinajstić information content (AvgIpc) is 2.94. The lowest BCUT2D eigenvalue weighted by molar-refractivity contribution is 0.139. The summed E-state index contributed by atoms with van der Waals surface area (Å²) < 4.78 is 0. The van der Waals surface area contributed by atoms with E-state index < -0.39 is 0 Å². The second kappa shape index (κ2) is 7.75. The summed E-state index contributed by atoms with van der Waals surface area (Å²) in [6.45, 7) is 2.40. The van der Waals surface area contributed by atoms with E-state index in [0.717, 1.165) is 38.5 Å². The van der Waals surface area contributed by atoms with E-state index in [0.29, 0.717) is 11.0 Å². The van der Waals surface area contributed by atoms with Crippen molar-refractivity contribution in [3.05, 3.63) is 11.1 Å². The van der Waals surface area contributed by atoms with Crippen LogP contribution in [-0.4, -0.2) is 40.7 Å². The van der Waals surface area contributed by atoms with Gasteiger partial charge in [0.1, 0.15) is 0 Å². The summed E-state index contributed by atoms with van der Waals surface area (Å²) in [4.78, 5) is 19.5. The Balaban J connectivity index is 1.84. The highest BCUT2D eigenvalue weighted by Gasteiger charge is 2.26. The zero-order chi connectivity index (χ0) is 15.2. The highest BCUT2D eigenvalue weighted by atomic mass is 32.1. The molecular formula is C15H25N3O2S. The van der Waals surface area contributed by atoms with Gasteiger partial charge in [-0.15, -0.1) is 11.3 Å². The summed E-state index contributed by atoms with van der Waals surface area (Å²) in [6, 6.07) is 0.183. The Kier molecular flexibility index (Phi) is 5.99. The number of nitrogens with one attached hydrogen (secondary N) is 1. The minimum Gasteiger partial charge on any atom is -0.396 e. The van der Waals surface area contributed by atoms with E-state index in [9.17, 15) is 4.79 Å². The molecule has 0 radical (unpaired) electrons. The van der Waals surface area contributed by atoms with Gasteiger partial charge >= 0.3 is 6.03 Å². The van der Waals surface area contributed by atoms with Gasteiger partial charge in [0.2, 0.25) is 0 Å². The number of nitrogens with zero attached hydrogens (tertiary/aromatic N) is 2. The van der Waals surface area contributed by atoms with Crippen LogP contribution in [0.2, 0.25) is 0 Å². The van der Waals surface area contributed by atoms with Crippen LogP contribution in [0.25, 0.3) is 0 Å². The third kappa shape index (κ3) is 4.41. The fourth-order valence-corrected chi connectivity index (χ4v) is 3.69. The Hall–Kier alpha value is -1.14. The van der Waals surface area contributed by atoms with E-state index in [-0.39, 0.29) is 18.7 Å². The maximum Gasteiger partial charge on any atom is 0.323 e. The minimum absolute atomic E-state index is 0.0835. The summed E-state index contributed by atoms with van der Waals surface area (Å²) in [5.74, 6) is 0.410. The Morgan fingerprint density at radius 3 is 2.81 bits per heavy atom. The molecule has 0 unspecified atom stereocenters. The maximum absolute atomic E-state index is 12.3. The van der Waals surface area contributed by atoms with Gasteiger partial charge < -0.3 is 10.0 Å². The Morgan fingerprint density at radius 2 is 2.19 bits per heavy atom. The van der Waals surface area contributed by atoms with Crippen LogP contribution in [0.15, 0.2) is 6.20 Å². The molecule has 2 N–H and O–H groups in total. The molecule has 1 fully saturated rings. The molecule has 0 bridgehead atoms. The van der Waals surface area contributed by atoms with Gasteiger partial charge in [0.25, 0.3) is 0 Å². The van der Waals surface area contributed by atoms with Gasteiger partial charge in [-0.2, -0.15) is 0 Å². The molecule has 1 aromatic rings. The van der Waals surface area contributed by atoms with Crippen molar-refractivity contribution in [1.82, 2.24) is 9.88 Å². The van der Waals surface area contributed by atoms with Crippen LogP contribution in [0.4, 0.5) is 9.93 Å². The zero-order valence-corrected chi connectivity index (χ0v) is 13.7. The van der Waals surface area contributed by atoms with Crippen LogP contribution in [-0.2, 0) is 6.42 Å². The van der Waals surface area contributed by atoms with E-state index in [1.54, 1.807) is 16.2 Å². The van der Waals surface area contributed by atoms with Gasteiger partial charge in [-0.05, 0) is 38.0 Å². The number of carbonyl (C=O) groups is 1. The number of thiazole rings is 1. The summed E-state index contributed by atoms with van der Waals surface area (Å²) >= 11 is 1.55. The van der Waals surface area contributed by atoms with Crippen LogP contribution in [0.3, 0.4) is 0 Å². The van der Waals surface area contributed by atoms with E-state index in [2.05, 4.69) is 17.2 Å². The highest BCUT2D eigenvalue weighted by molar-refractivity contribution is 7.15. The smallest absolute Gasteiger partial charge is 0.323 e. The molecule has 1 aromatic heterocycles. The minimum atomic E-state index is -0.0835. The van der Waals surface area contributed by atoms with E-state index in [4.69, 9.17) is 5.11 Å². The number of carbonyl (C=O) groups excluding carboxylic acids is 1. The number of aliphatic hydroxyl groups is 1. The molecule has 21 heavy (non-hydrogen) atoms. The third-order valence-electron chi connectivity index (χ3n) is 4.21. The topological polar surface area (TPSA) is 65.5 Å². The molecule has 0 spiro atoms. The van der Waals surface area contributed by atoms with E-state index >= 15 is 0 Å². The molecule has 5 nitrogen and oxygen atoms in total. The van der Waals surface area contributed by atoms with Gasteiger partial charge in [0.15, 0.2) is 5.13 Å². The van der Waals surface area contributed by atoms with Crippen molar-refractivity contribution in [2.75, 3.05) is 19.0 Å². The molecule has 1 heterocycles. The van der Waals surface area contributed by atoms with Crippen LogP contribution in [0.1, 0.15) is 43.9 Å². The first-order valence-electron chi connectivity index (χ1n) is 7.73. The molecule has 0 aliphatic heterocycles. The normalized spacial score (nSPS) is 22.0. The fourth-order valence-electron chi connectivity index (χ4n) is 2.79. The number of aryl methyl sites for hydroxylation is 1. The largest absolute Gasteiger partial charge is 0.396 e. The summed E-state index contributed by atoms with van der Waals surface area (Å²) in [7, 11) is 1.85. The number of urea groups is 1. The Labute approximate surface area is 130 Å². The van der Waals surface area contributed by atoms with Crippen molar-refractivity contribution in [3.63, 3.8) is 0 Å². The second-order valence-electron chi connectivity index (χ2n) is 5.78. The number of aliphatic hydroxyl groups excluding tert-OH is 1. The Bertz CT molecular complexity index is 456. The van der Waals surface area contributed by atoms with Gasteiger partial charge in [-0.3, -0.25) is 5.32 Å². The summed E-state index contributed by atoms with van der Waals surface area (Å²) in [5, 5.41) is 12.7. The number of hydrogen-bond acceptors (Lipinski definition) is 4. The molecule has 0 saturated heterocycles. The first-order chi connectivity index (χ1) is 10.1. The SMILES string of the molecule is CCCc1cnc(NC(=O)N(C)C2CCC(CO)CC2)s1. The lowest BCUT2D eigenvalue weighted by atomic mass is 9.86. The van der Waals surface area contributed by atoms with Gasteiger partial charge in [-0.25, -0.2) is 9.78 Å². The molecule has 1 saturated carbocycles. The van der Waals surface area contributed by atoms with Crippen molar-refractivity contribution in [2.24, 2.45) is 5.92 Å². The zero-order valence-electron chi connectivity index (χ0n) is 12.8. The van der Waals surface area contributed by atoms with E-state index in [1.807, 2.05) is 13.2 Å². The molecule has 2 amide bonds. The van der Waals surface area contributed by atoms with Crippen LogP contribution in [0.5, 0.6) is 0 Å². The van der Waals surface area contributed by atoms with Gasteiger partial charge in [0.05, 0.1) is 0 Å². The predicted molar refractivity (Wildman–Crippen MR) is 85.7 cm³/mol. The first kappa shape index (κ1) is 16.2. The number of amides is 2. The van der Waals surface area contributed by atoms with Crippen molar-refractivity contribution >= 4 is 22.5 Å². The number of anilines is 1. The molecule has 1 aliphatic rings. The monoisotopic (exact) mass is 311 g/mol. The van der Waals surface area contributed by atoms with Crippen molar-refractivity contribution < 1.29 is 9.90 Å². The van der Waals surface area contributed by atoms with Crippen molar-refractivity contribution in [3.8, 4) is 0 Å². The highest BCUT2D eigenvalue weighted by Crippen LogP contribution is 2.27. The summed E-state index contributed by atoms with van der Waals surface area (Å²) in [6.07, 6.45) is 7.87. The Morgan fingerprint density at radius 1 is 1.48 bits per heavy atom. The standard InChI is InChI=1S/C15H25N3O2S/c1-3-4-13-9-16-14(21-13)17-15(20)18(2)12-7-5-11(10-19)6-8-12/h9,11-12,19H,3-8,10H2,1-2H3,(H,16,17,20). The molecule has 1 aliphatic carbocycles. The molecule has 0 aromatic carbocycles. The van der Waals surface area contributed by atoms with Crippen LogP contribution < -0.4 is 5.32 Å². The first-order valence-corrected chi connectivity index (χ1v) is 8.55. The third-order valence-corrected chi connectivity index (χ3v) is 5.18. The lowest BCUT2D eigenvalue weighted by Gasteiger charge is -2.33. The van der Waals surface area contributed by atoms with Crippen LogP contribution >= 0.6 is 11.3 Å². The average molecular weight is 311 g/mol. The molecular weight excluding hydrogens is 286 g/mol. The maximum atomic E-state index is 12.3. The molecule has 0 atom stereocenters. The summed E-state index contributed by atoms with van der Waals surface area (Å²) in [5.41, 5.74) is 0. The van der Waals surface area contributed by atoms with Crippen molar-refractivity contribution in [2.45, 2.75) is 51.5 Å². The fraction of sp³-hybridized carbons (Fsp3) is 0.733. The van der Waals surface area contributed by atoms with Crippen LogP contribution in [0, 0.1) is 5.92 Å². The second-order valence-corrected chi connectivity index (χ2v) is 6.90.